The molecule has 9 heteroatoms. The fourth-order valence-electron chi connectivity index (χ4n) is 6.70. The molecule has 0 atom stereocenters. The van der Waals surface area contributed by atoms with Crippen LogP contribution in [0.15, 0.2) is 78.1 Å². The van der Waals surface area contributed by atoms with Gasteiger partial charge in [-0.25, -0.2) is 0 Å². The Hall–Kier alpha value is -3.96. The normalized spacial score (nSPS) is 13.3. The van der Waals surface area contributed by atoms with Crippen LogP contribution in [0, 0.1) is 0 Å². The molecule has 0 amide bonds. The number of methoxy groups -OCH3 is 6. The number of benzene rings is 3. The quantitative estimate of drug-likeness (QED) is 0.0771. The first-order valence-corrected chi connectivity index (χ1v) is 18.1. The molecule has 0 heterocycles. The summed E-state index contributed by atoms with van der Waals surface area (Å²) >= 11 is 0. The van der Waals surface area contributed by atoms with Crippen LogP contribution < -0.4 is 0 Å². The average Bonchev–Trinajstić information content (AvgIpc) is 3.13. The Morgan fingerprint density at radius 1 is 0.537 bits per heavy atom. The highest BCUT2D eigenvalue weighted by Crippen LogP contribution is 2.44. The van der Waals surface area contributed by atoms with Crippen molar-refractivity contribution in [2.75, 3.05) is 55.9 Å². The second-order valence-electron chi connectivity index (χ2n) is 15.3. The molecule has 0 spiro atoms. The molecule has 0 aliphatic heterocycles. The van der Waals surface area contributed by atoms with E-state index in [0.717, 1.165) is 39.7 Å². The third kappa shape index (κ3) is 10.2. The fraction of sp³-hybridized carbons (Fsp3) is 0.467. The van der Waals surface area contributed by atoms with Gasteiger partial charge in [-0.3, -0.25) is 0 Å². The van der Waals surface area contributed by atoms with Crippen LogP contribution in [-0.4, -0.2) is 71.2 Å². The van der Waals surface area contributed by atoms with Crippen molar-refractivity contribution in [1.29, 1.82) is 0 Å². The van der Waals surface area contributed by atoms with Gasteiger partial charge in [-0.1, -0.05) is 71.9 Å². The molecule has 0 aliphatic rings. The molecule has 3 aromatic rings. The molecular weight excluding hydrogens is 684 g/mol. The van der Waals surface area contributed by atoms with Crippen molar-refractivity contribution in [3.05, 3.63) is 128 Å². The number of aliphatic hydroxyl groups is 1. The number of aliphatic hydroxyl groups excluding tert-OH is 1. The zero-order valence-electron chi connectivity index (χ0n) is 34.4. The van der Waals surface area contributed by atoms with Gasteiger partial charge in [-0.05, 0) is 63.7 Å². The molecular formula is C45H62O9. The fourth-order valence-corrected chi connectivity index (χ4v) is 6.70. The van der Waals surface area contributed by atoms with Gasteiger partial charge in [0.05, 0.1) is 45.9 Å². The first-order valence-electron chi connectivity index (χ1n) is 18.1. The van der Waals surface area contributed by atoms with Crippen LogP contribution in [0.5, 0.6) is 11.5 Å². The van der Waals surface area contributed by atoms with Gasteiger partial charge in [0.15, 0.2) is 0 Å². The molecule has 0 unspecified atom stereocenters. The van der Waals surface area contributed by atoms with E-state index in [9.17, 15) is 15.3 Å². The molecule has 0 fully saturated rings. The minimum Gasteiger partial charge on any atom is -0.515 e. The van der Waals surface area contributed by atoms with Gasteiger partial charge in [0.1, 0.15) is 11.5 Å². The van der Waals surface area contributed by atoms with Crippen LogP contribution in [0.4, 0.5) is 0 Å². The Bertz CT molecular complexity index is 1650. The van der Waals surface area contributed by atoms with Crippen LogP contribution in [0.1, 0.15) is 91.6 Å². The standard InChI is InChI=1S/C45H62O9/c1-43(2,35(14-13-15-49-7)16-30(24-46)25-50-8)38-21-39(44(3,4)36-17-31(26-51-9)41(47)32(18-36)27-52-10)23-40(22-38)45(5,6)37-19-33(28-53-11)42(48)34(20-37)29-54-12/h13-14,16-24,46-48H,15,25-29H2,1-12H3. The van der Waals surface area contributed by atoms with E-state index in [4.69, 9.17) is 28.4 Å². The summed E-state index contributed by atoms with van der Waals surface area (Å²) in [6.07, 6.45) is 7.04. The maximum atomic E-state index is 11.1. The van der Waals surface area contributed by atoms with Crippen LogP contribution >= 0.6 is 0 Å². The van der Waals surface area contributed by atoms with Gasteiger partial charge in [0, 0.05) is 86.7 Å². The van der Waals surface area contributed by atoms with E-state index in [1.165, 1.54) is 0 Å². The lowest BCUT2D eigenvalue weighted by atomic mass is 9.68. The lowest BCUT2D eigenvalue weighted by Crippen LogP contribution is -2.27. The van der Waals surface area contributed by atoms with Gasteiger partial charge in [0.2, 0.25) is 0 Å². The monoisotopic (exact) mass is 746 g/mol. The van der Waals surface area contributed by atoms with E-state index in [0.29, 0.717) is 34.4 Å². The zero-order chi connectivity index (χ0) is 40.3. The van der Waals surface area contributed by atoms with Crippen molar-refractivity contribution in [3.8, 4) is 11.5 Å². The third-order valence-corrected chi connectivity index (χ3v) is 10.4. The molecule has 0 radical (unpaired) electrons. The minimum absolute atomic E-state index is 0.169. The summed E-state index contributed by atoms with van der Waals surface area (Å²) in [5.74, 6) is 0.338. The number of hydrogen-bond acceptors (Lipinski definition) is 9. The second kappa shape index (κ2) is 19.6. The molecule has 0 saturated carbocycles. The maximum absolute atomic E-state index is 11.1. The average molecular weight is 747 g/mol. The molecule has 0 saturated heterocycles. The Kier molecular flexibility index (Phi) is 16.1. The number of hydrogen-bond donors (Lipinski definition) is 3. The van der Waals surface area contributed by atoms with Crippen LogP contribution in [0.2, 0.25) is 0 Å². The maximum Gasteiger partial charge on any atom is 0.126 e. The highest BCUT2D eigenvalue weighted by atomic mass is 16.5. The van der Waals surface area contributed by atoms with Crippen molar-refractivity contribution in [3.63, 3.8) is 0 Å². The summed E-state index contributed by atoms with van der Waals surface area (Å²) in [4.78, 5) is 0. The van der Waals surface area contributed by atoms with Gasteiger partial charge in [-0.15, -0.1) is 0 Å². The van der Waals surface area contributed by atoms with E-state index in [1.807, 2.05) is 42.5 Å². The highest BCUT2D eigenvalue weighted by molar-refractivity contribution is 5.55. The summed E-state index contributed by atoms with van der Waals surface area (Å²) in [5, 5.41) is 32.4. The SMILES string of the molecule is COCC=CC(=CC(=CO)COC)C(C)(C)c1cc(C(C)(C)c2cc(COC)c(O)c(COC)c2)cc(C(C)(C)c2cc(COC)c(O)c(COC)c2)c1. The number of aromatic hydroxyl groups is 2. The first kappa shape index (κ1) is 44.4. The van der Waals surface area contributed by atoms with Crippen molar-refractivity contribution in [1.82, 2.24) is 0 Å². The highest BCUT2D eigenvalue weighted by Gasteiger charge is 2.34. The number of phenolic OH excluding ortho intramolecular Hbond substituents is 2. The van der Waals surface area contributed by atoms with Gasteiger partial charge < -0.3 is 43.7 Å². The third-order valence-electron chi connectivity index (χ3n) is 10.4. The number of phenols is 2. The lowest BCUT2D eigenvalue weighted by Gasteiger charge is -2.36. The molecule has 0 bridgehead atoms. The van der Waals surface area contributed by atoms with Gasteiger partial charge in [-0.2, -0.15) is 0 Å². The minimum atomic E-state index is -0.585. The van der Waals surface area contributed by atoms with Gasteiger partial charge >= 0.3 is 0 Å². The zero-order valence-corrected chi connectivity index (χ0v) is 34.4. The van der Waals surface area contributed by atoms with Crippen molar-refractivity contribution >= 4 is 0 Å². The van der Waals surface area contributed by atoms with E-state index in [-0.39, 0.29) is 44.5 Å². The molecule has 9 nitrogen and oxygen atoms in total. The summed E-state index contributed by atoms with van der Waals surface area (Å²) in [5.41, 5.74) is 7.73. The van der Waals surface area contributed by atoms with Gasteiger partial charge in [0.25, 0.3) is 0 Å². The summed E-state index contributed by atoms with van der Waals surface area (Å²) in [7, 11) is 9.71. The molecule has 3 N–H and O–H groups in total. The Balaban J connectivity index is 2.48. The van der Waals surface area contributed by atoms with E-state index in [2.05, 4.69) is 59.7 Å². The largest absolute Gasteiger partial charge is 0.515 e. The lowest BCUT2D eigenvalue weighted by molar-refractivity contribution is 0.174. The molecule has 3 rings (SSSR count). The summed E-state index contributed by atoms with van der Waals surface area (Å²) in [6, 6.07) is 14.8. The van der Waals surface area contributed by atoms with Crippen LogP contribution in [-0.2, 0) is 71.1 Å². The summed E-state index contributed by atoms with van der Waals surface area (Å²) < 4.78 is 32.7. The number of rotatable bonds is 20. The molecule has 0 aromatic heterocycles. The Morgan fingerprint density at radius 2 is 0.907 bits per heavy atom. The number of ether oxygens (including phenoxy) is 6. The van der Waals surface area contributed by atoms with E-state index < -0.39 is 16.2 Å². The topological polar surface area (TPSA) is 116 Å². The second-order valence-corrected chi connectivity index (χ2v) is 15.3. The van der Waals surface area contributed by atoms with Crippen molar-refractivity contribution in [2.24, 2.45) is 0 Å². The molecule has 3 aromatic carbocycles. The Morgan fingerprint density at radius 3 is 1.24 bits per heavy atom. The first-order chi connectivity index (χ1) is 25.6. The van der Waals surface area contributed by atoms with Crippen molar-refractivity contribution in [2.45, 2.75) is 84.2 Å². The molecule has 0 aliphatic carbocycles. The molecule has 54 heavy (non-hydrogen) atoms. The predicted molar refractivity (Wildman–Crippen MR) is 214 cm³/mol. The van der Waals surface area contributed by atoms with Crippen LogP contribution in [0.3, 0.4) is 0 Å². The van der Waals surface area contributed by atoms with E-state index in [1.54, 1.807) is 42.7 Å². The summed E-state index contributed by atoms with van der Waals surface area (Å²) in [6.45, 7) is 14.7. The molecule has 296 valence electrons. The smallest absolute Gasteiger partial charge is 0.126 e. The predicted octanol–water partition coefficient (Wildman–Crippen LogP) is 8.83. The number of allylic oxidation sites excluding steroid dienone is 2. The Labute approximate surface area is 322 Å². The van der Waals surface area contributed by atoms with Crippen LogP contribution in [0.25, 0.3) is 0 Å². The van der Waals surface area contributed by atoms with E-state index >= 15 is 0 Å². The van der Waals surface area contributed by atoms with Crippen molar-refractivity contribution < 1.29 is 43.7 Å².